The van der Waals surface area contributed by atoms with Crippen molar-refractivity contribution in [2.75, 3.05) is 0 Å². The molecule has 0 aliphatic rings. The Morgan fingerprint density at radius 2 is 2.25 bits per heavy atom. The van der Waals surface area contributed by atoms with Crippen molar-refractivity contribution in [2.45, 2.75) is 26.7 Å². The zero-order valence-electron chi connectivity index (χ0n) is 7.14. The Morgan fingerprint density at radius 1 is 1.58 bits per heavy atom. The van der Waals surface area contributed by atoms with E-state index in [-0.39, 0.29) is 12.2 Å². The molecule has 0 fully saturated rings. The number of hydrogen-bond acceptors (Lipinski definition) is 3. The zero-order valence-corrected chi connectivity index (χ0v) is 7.14. The number of carbonyl (C=O) groups is 1. The quantitative estimate of drug-likeness (QED) is 0.727. The van der Waals surface area contributed by atoms with Gasteiger partial charge in [0.2, 0.25) is 0 Å². The van der Waals surface area contributed by atoms with Gasteiger partial charge >= 0.3 is 5.63 Å². The molecule has 1 N–H and O–H groups in total. The summed E-state index contributed by atoms with van der Waals surface area (Å²) >= 11 is 0. The lowest BCUT2D eigenvalue weighted by Gasteiger charge is -1.93. The molecule has 0 unspecified atom stereocenters. The molecule has 66 valence electrons. The maximum atomic E-state index is 11.0. The predicted molar refractivity (Wildman–Crippen MR) is 43.1 cm³/mol. The molecule has 4 nitrogen and oxygen atoms in total. The van der Waals surface area contributed by atoms with E-state index < -0.39 is 5.63 Å². The van der Waals surface area contributed by atoms with Crippen LogP contribution in [0.25, 0.3) is 0 Å². The van der Waals surface area contributed by atoms with Crippen molar-refractivity contribution >= 4 is 5.78 Å². The van der Waals surface area contributed by atoms with Crippen LogP contribution in [-0.2, 0) is 11.2 Å². The minimum Gasteiger partial charge on any atom is -0.339 e. The van der Waals surface area contributed by atoms with E-state index in [2.05, 4.69) is 9.68 Å². The summed E-state index contributed by atoms with van der Waals surface area (Å²) in [5, 5.41) is 2.43. The number of Topliss-reactive ketones (excluding diaryl/α,β-unsaturated/α-hetero) is 1. The monoisotopic (exact) mass is 169 g/mol. The molecule has 4 heteroatoms. The highest BCUT2D eigenvalue weighted by atomic mass is 16.5. The lowest BCUT2D eigenvalue weighted by molar-refractivity contribution is -0.118. The van der Waals surface area contributed by atoms with Crippen LogP contribution in [0.2, 0.25) is 0 Å². The molecule has 0 aliphatic heterocycles. The highest BCUT2D eigenvalue weighted by molar-refractivity contribution is 5.80. The van der Waals surface area contributed by atoms with E-state index in [0.29, 0.717) is 17.7 Å². The third-order valence-electron chi connectivity index (χ3n) is 1.79. The van der Waals surface area contributed by atoms with Crippen LogP contribution in [0, 0.1) is 6.92 Å². The lowest BCUT2D eigenvalue weighted by atomic mass is 10.1. The number of carbonyl (C=O) groups excluding carboxylic acids is 1. The first-order valence-electron chi connectivity index (χ1n) is 3.83. The largest absolute Gasteiger partial charge is 0.360 e. The molecule has 0 spiro atoms. The SMILES string of the molecule is CCC(=O)Cc1[nH]oc(=O)c1C. The van der Waals surface area contributed by atoms with Gasteiger partial charge in [0.25, 0.3) is 0 Å². The van der Waals surface area contributed by atoms with E-state index in [1.54, 1.807) is 13.8 Å². The summed E-state index contributed by atoms with van der Waals surface area (Å²) in [5.41, 5.74) is 0.692. The first kappa shape index (κ1) is 8.77. The predicted octanol–water partition coefficient (Wildman–Crippen LogP) is 0.798. The molecule has 0 amide bonds. The van der Waals surface area contributed by atoms with Gasteiger partial charge in [0, 0.05) is 12.8 Å². The summed E-state index contributed by atoms with van der Waals surface area (Å²) < 4.78 is 4.51. The maximum Gasteiger partial charge on any atom is 0.360 e. The van der Waals surface area contributed by atoms with Crippen molar-refractivity contribution in [3.8, 4) is 0 Å². The van der Waals surface area contributed by atoms with Gasteiger partial charge in [0.15, 0.2) is 0 Å². The fraction of sp³-hybridized carbons (Fsp3) is 0.500. The Morgan fingerprint density at radius 3 is 2.67 bits per heavy atom. The van der Waals surface area contributed by atoms with Crippen molar-refractivity contribution in [3.05, 3.63) is 21.7 Å². The molecule has 1 rings (SSSR count). The normalized spacial score (nSPS) is 10.2. The fourth-order valence-corrected chi connectivity index (χ4v) is 0.875. The van der Waals surface area contributed by atoms with E-state index in [1.807, 2.05) is 0 Å². The molecule has 1 aromatic rings. The number of nitrogens with one attached hydrogen (secondary N) is 1. The van der Waals surface area contributed by atoms with Crippen LogP contribution in [-0.4, -0.2) is 10.9 Å². The van der Waals surface area contributed by atoms with Crippen molar-refractivity contribution in [2.24, 2.45) is 0 Å². The summed E-state index contributed by atoms with van der Waals surface area (Å²) in [4.78, 5) is 21.8. The van der Waals surface area contributed by atoms with Gasteiger partial charge in [-0.2, -0.15) is 0 Å². The molecular weight excluding hydrogens is 158 g/mol. The third-order valence-corrected chi connectivity index (χ3v) is 1.79. The maximum absolute atomic E-state index is 11.0. The topological polar surface area (TPSA) is 63.1 Å². The summed E-state index contributed by atoms with van der Waals surface area (Å²) in [5.74, 6) is 0.0927. The van der Waals surface area contributed by atoms with Crippen LogP contribution in [0.3, 0.4) is 0 Å². The minimum absolute atomic E-state index is 0.0927. The van der Waals surface area contributed by atoms with Crippen LogP contribution in [0.4, 0.5) is 0 Å². The Kier molecular flexibility index (Phi) is 2.47. The molecule has 1 heterocycles. The minimum atomic E-state index is -0.395. The van der Waals surface area contributed by atoms with E-state index in [9.17, 15) is 9.59 Å². The van der Waals surface area contributed by atoms with Crippen molar-refractivity contribution in [3.63, 3.8) is 0 Å². The Bertz CT molecular complexity index is 334. The molecular formula is C8H11NO3. The fourth-order valence-electron chi connectivity index (χ4n) is 0.875. The number of hydrogen-bond donors (Lipinski definition) is 1. The summed E-state index contributed by atoms with van der Waals surface area (Å²) in [7, 11) is 0. The van der Waals surface area contributed by atoms with Crippen molar-refractivity contribution in [1.82, 2.24) is 5.16 Å². The van der Waals surface area contributed by atoms with E-state index in [1.165, 1.54) is 0 Å². The second-order valence-corrected chi connectivity index (χ2v) is 2.66. The van der Waals surface area contributed by atoms with Gasteiger partial charge in [0.1, 0.15) is 5.78 Å². The van der Waals surface area contributed by atoms with Gasteiger partial charge in [-0.05, 0) is 6.92 Å². The second kappa shape index (κ2) is 3.38. The zero-order chi connectivity index (χ0) is 9.14. The molecule has 0 bridgehead atoms. The Labute approximate surface area is 69.5 Å². The van der Waals surface area contributed by atoms with Gasteiger partial charge in [-0.1, -0.05) is 6.92 Å². The van der Waals surface area contributed by atoms with Crippen LogP contribution < -0.4 is 5.63 Å². The van der Waals surface area contributed by atoms with Crippen LogP contribution in [0.1, 0.15) is 24.6 Å². The third kappa shape index (κ3) is 1.64. The molecule has 0 radical (unpaired) electrons. The summed E-state index contributed by atoms with van der Waals surface area (Å²) in [6.07, 6.45) is 0.737. The molecule has 12 heavy (non-hydrogen) atoms. The van der Waals surface area contributed by atoms with Gasteiger partial charge < -0.3 is 4.52 Å². The average Bonchev–Trinajstić information content (AvgIpc) is 2.36. The van der Waals surface area contributed by atoms with Crippen LogP contribution >= 0.6 is 0 Å². The molecule has 0 saturated heterocycles. The smallest absolute Gasteiger partial charge is 0.339 e. The van der Waals surface area contributed by atoms with Gasteiger partial charge in [-0.15, -0.1) is 0 Å². The van der Waals surface area contributed by atoms with E-state index in [0.717, 1.165) is 0 Å². The van der Waals surface area contributed by atoms with Crippen LogP contribution in [0.5, 0.6) is 0 Å². The molecule has 1 aromatic heterocycles. The first-order chi connectivity index (χ1) is 5.65. The number of aromatic nitrogens is 1. The average molecular weight is 169 g/mol. The van der Waals surface area contributed by atoms with Crippen molar-refractivity contribution in [1.29, 1.82) is 0 Å². The number of rotatable bonds is 3. The second-order valence-electron chi connectivity index (χ2n) is 2.66. The standard InChI is InChI=1S/C8H11NO3/c1-3-6(10)4-7-5(2)8(11)12-9-7/h9H,3-4H2,1-2H3. The first-order valence-corrected chi connectivity index (χ1v) is 3.83. The molecule has 0 atom stereocenters. The highest BCUT2D eigenvalue weighted by Crippen LogP contribution is 2.01. The van der Waals surface area contributed by atoms with Crippen molar-refractivity contribution < 1.29 is 9.32 Å². The number of H-pyrrole nitrogens is 1. The molecule has 0 saturated carbocycles. The summed E-state index contributed by atoms with van der Waals surface area (Å²) in [6, 6.07) is 0. The Hall–Kier alpha value is -1.32. The van der Waals surface area contributed by atoms with Crippen LogP contribution in [0.15, 0.2) is 9.32 Å². The molecule has 0 aliphatic carbocycles. The lowest BCUT2D eigenvalue weighted by Crippen LogP contribution is -2.04. The van der Waals surface area contributed by atoms with Gasteiger partial charge in [-0.25, -0.2) is 9.95 Å². The van der Waals surface area contributed by atoms with E-state index in [4.69, 9.17) is 0 Å². The summed E-state index contributed by atoms with van der Waals surface area (Å²) in [6.45, 7) is 3.43. The molecule has 0 aromatic carbocycles. The highest BCUT2D eigenvalue weighted by Gasteiger charge is 2.09. The van der Waals surface area contributed by atoms with Gasteiger partial charge in [0.05, 0.1) is 11.3 Å². The van der Waals surface area contributed by atoms with E-state index >= 15 is 0 Å². The number of aromatic amines is 1. The van der Waals surface area contributed by atoms with Gasteiger partial charge in [-0.3, -0.25) is 4.79 Å². The Balaban J connectivity index is 2.83. The number of ketones is 1.